The highest BCUT2D eigenvalue weighted by Gasteiger charge is 2.26. The van der Waals surface area contributed by atoms with Crippen molar-refractivity contribution in [3.05, 3.63) is 29.6 Å². The fourth-order valence-corrected chi connectivity index (χ4v) is 2.84. The molecule has 0 bridgehead atoms. The molecule has 1 N–H and O–H groups in total. The Bertz CT molecular complexity index is 610. The lowest BCUT2D eigenvalue weighted by Crippen LogP contribution is -2.42. The summed E-state index contributed by atoms with van der Waals surface area (Å²) in [5.74, 6) is -0.518. The maximum absolute atomic E-state index is 13.3. The number of amides is 2. The van der Waals surface area contributed by atoms with Crippen molar-refractivity contribution < 1.29 is 19.1 Å². The van der Waals surface area contributed by atoms with Gasteiger partial charge in [-0.2, -0.15) is 0 Å². The number of halogens is 1. The maximum Gasteiger partial charge on any atom is 0.227 e. The summed E-state index contributed by atoms with van der Waals surface area (Å²) in [6.07, 6.45) is 1.01. The van der Waals surface area contributed by atoms with Crippen molar-refractivity contribution in [3.8, 4) is 0 Å². The topological polar surface area (TPSA) is 60.9 Å². The summed E-state index contributed by atoms with van der Waals surface area (Å²) in [5, 5.41) is 9.76. The smallest absolute Gasteiger partial charge is 0.227 e. The first-order chi connectivity index (χ1) is 10.7. The lowest BCUT2D eigenvalue weighted by molar-refractivity contribution is -0.132. The Morgan fingerprint density at radius 1 is 1.39 bits per heavy atom. The van der Waals surface area contributed by atoms with E-state index in [4.69, 9.17) is 0 Å². The maximum atomic E-state index is 13.3. The van der Waals surface area contributed by atoms with Crippen molar-refractivity contribution >= 4 is 17.5 Å². The molecule has 0 radical (unpaired) electrons. The normalized spacial score (nSPS) is 14.7. The number of likely N-dealkylation sites (N-methyl/N-ethyl adjacent to an activating group) is 1. The first-order valence-electron chi connectivity index (χ1n) is 7.72. The van der Waals surface area contributed by atoms with Crippen LogP contribution in [0.15, 0.2) is 18.2 Å². The molecule has 5 nitrogen and oxygen atoms in total. The molecular formula is C17H23FN2O3. The van der Waals surface area contributed by atoms with E-state index in [1.807, 2.05) is 0 Å². The van der Waals surface area contributed by atoms with Crippen molar-refractivity contribution in [2.45, 2.75) is 38.7 Å². The predicted molar refractivity (Wildman–Crippen MR) is 85.6 cm³/mol. The fourth-order valence-electron chi connectivity index (χ4n) is 2.84. The molecule has 1 heterocycles. The first kappa shape index (κ1) is 17.4. The van der Waals surface area contributed by atoms with Gasteiger partial charge in [-0.3, -0.25) is 9.59 Å². The Balaban J connectivity index is 2.03. The van der Waals surface area contributed by atoms with Crippen molar-refractivity contribution in [2.24, 2.45) is 0 Å². The zero-order valence-corrected chi connectivity index (χ0v) is 13.8. The van der Waals surface area contributed by atoms with E-state index in [2.05, 4.69) is 0 Å². The monoisotopic (exact) mass is 322 g/mol. The molecule has 0 atom stereocenters. The summed E-state index contributed by atoms with van der Waals surface area (Å²) in [5.41, 5.74) is 0.512. The highest BCUT2D eigenvalue weighted by molar-refractivity contribution is 5.97. The first-order valence-corrected chi connectivity index (χ1v) is 7.72. The van der Waals surface area contributed by atoms with E-state index in [9.17, 15) is 19.1 Å². The number of anilines is 1. The zero-order chi connectivity index (χ0) is 17.2. The molecule has 0 aromatic heterocycles. The number of rotatable bonds is 5. The second-order valence-corrected chi connectivity index (χ2v) is 6.63. The van der Waals surface area contributed by atoms with Crippen LogP contribution >= 0.6 is 0 Å². The number of hydrogen-bond acceptors (Lipinski definition) is 3. The second-order valence-electron chi connectivity index (χ2n) is 6.63. The molecule has 0 fully saturated rings. The summed E-state index contributed by atoms with van der Waals surface area (Å²) >= 11 is 0. The molecule has 0 saturated heterocycles. The van der Waals surface area contributed by atoms with Gasteiger partial charge in [-0.25, -0.2) is 4.39 Å². The number of carbonyl (C=O) groups excluding carboxylic acids is 2. The van der Waals surface area contributed by atoms with Crippen LogP contribution in [0.2, 0.25) is 0 Å². The molecule has 1 aromatic rings. The highest BCUT2D eigenvalue weighted by atomic mass is 19.1. The van der Waals surface area contributed by atoms with Gasteiger partial charge in [-0.15, -0.1) is 0 Å². The molecule has 126 valence electrons. The summed E-state index contributed by atoms with van der Waals surface area (Å²) in [7, 11) is 1.63. The van der Waals surface area contributed by atoms with Gasteiger partial charge in [0.25, 0.3) is 0 Å². The molecule has 1 aromatic carbocycles. The summed E-state index contributed by atoms with van der Waals surface area (Å²) in [4.78, 5) is 27.3. The average Bonchev–Trinajstić information content (AvgIpc) is 2.44. The van der Waals surface area contributed by atoms with Crippen LogP contribution in [0.5, 0.6) is 0 Å². The van der Waals surface area contributed by atoms with E-state index >= 15 is 0 Å². The Morgan fingerprint density at radius 2 is 2.09 bits per heavy atom. The van der Waals surface area contributed by atoms with Gasteiger partial charge in [0.1, 0.15) is 5.82 Å². The Hall–Kier alpha value is -1.95. The molecule has 1 aliphatic rings. The van der Waals surface area contributed by atoms with Crippen molar-refractivity contribution in [1.82, 2.24) is 4.90 Å². The number of aliphatic hydroxyl groups is 1. The zero-order valence-electron chi connectivity index (χ0n) is 13.8. The van der Waals surface area contributed by atoms with E-state index in [1.54, 1.807) is 31.9 Å². The Morgan fingerprint density at radius 3 is 2.74 bits per heavy atom. The van der Waals surface area contributed by atoms with E-state index in [0.29, 0.717) is 18.5 Å². The SMILES string of the molecule is CN(CC(C)(C)O)C(=O)CCN1C(=O)CCc2cc(F)ccc21. The van der Waals surface area contributed by atoms with Crippen molar-refractivity contribution in [3.63, 3.8) is 0 Å². The molecular weight excluding hydrogens is 299 g/mol. The third kappa shape index (κ3) is 4.51. The number of nitrogens with zero attached hydrogens (tertiary/aromatic N) is 2. The molecule has 1 aliphatic heterocycles. The molecule has 6 heteroatoms. The summed E-state index contributed by atoms with van der Waals surface area (Å²) in [6.45, 7) is 3.75. The van der Waals surface area contributed by atoms with Crippen molar-refractivity contribution in [1.29, 1.82) is 0 Å². The third-order valence-electron chi connectivity index (χ3n) is 3.84. The number of fused-ring (bicyclic) bond motifs is 1. The van der Waals surface area contributed by atoms with Crippen LogP contribution in [0, 0.1) is 5.82 Å². The molecule has 0 aliphatic carbocycles. The van der Waals surface area contributed by atoms with Gasteiger partial charge in [0, 0.05) is 38.7 Å². The molecule has 0 spiro atoms. The van der Waals surface area contributed by atoms with E-state index in [1.165, 1.54) is 17.0 Å². The molecule has 2 rings (SSSR count). The van der Waals surface area contributed by atoms with Gasteiger partial charge in [0.2, 0.25) is 11.8 Å². The van der Waals surface area contributed by atoms with Crippen LogP contribution in [0.4, 0.5) is 10.1 Å². The van der Waals surface area contributed by atoms with Gasteiger partial charge in [-0.1, -0.05) is 0 Å². The lowest BCUT2D eigenvalue weighted by Gasteiger charge is -2.30. The fraction of sp³-hybridized carbons (Fsp3) is 0.529. The van der Waals surface area contributed by atoms with Crippen LogP contribution in [0.3, 0.4) is 0 Å². The van der Waals surface area contributed by atoms with Crippen LogP contribution in [-0.2, 0) is 16.0 Å². The van der Waals surface area contributed by atoms with Gasteiger partial charge in [-0.05, 0) is 44.0 Å². The number of hydrogen-bond donors (Lipinski definition) is 1. The van der Waals surface area contributed by atoms with Gasteiger partial charge in [0.05, 0.1) is 5.60 Å². The average molecular weight is 322 g/mol. The Kier molecular flexibility index (Phi) is 5.04. The minimum absolute atomic E-state index is 0.0537. The van der Waals surface area contributed by atoms with Gasteiger partial charge < -0.3 is 14.9 Å². The highest BCUT2D eigenvalue weighted by Crippen LogP contribution is 2.28. The van der Waals surface area contributed by atoms with E-state index in [0.717, 1.165) is 5.56 Å². The van der Waals surface area contributed by atoms with Crippen LogP contribution in [0.1, 0.15) is 32.3 Å². The quantitative estimate of drug-likeness (QED) is 0.898. The second kappa shape index (κ2) is 6.66. The predicted octanol–water partition coefficient (Wildman–Crippen LogP) is 1.72. The van der Waals surface area contributed by atoms with Gasteiger partial charge in [0.15, 0.2) is 0 Å². The van der Waals surface area contributed by atoms with E-state index < -0.39 is 5.60 Å². The minimum atomic E-state index is -0.963. The summed E-state index contributed by atoms with van der Waals surface area (Å²) < 4.78 is 13.3. The summed E-state index contributed by atoms with van der Waals surface area (Å²) in [6, 6.07) is 4.36. The molecule has 2 amide bonds. The molecule has 23 heavy (non-hydrogen) atoms. The lowest BCUT2D eigenvalue weighted by atomic mass is 10.0. The Labute approximate surface area is 135 Å². The largest absolute Gasteiger partial charge is 0.389 e. The van der Waals surface area contributed by atoms with E-state index in [-0.39, 0.29) is 37.1 Å². The van der Waals surface area contributed by atoms with Crippen molar-refractivity contribution in [2.75, 3.05) is 25.0 Å². The standard InChI is InChI=1S/C17H23FN2O3/c1-17(2,23)11-19(3)15(21)8-9-20-14-6-5-13(18)10-12(14)4-7-16(20)22/h5-6,10,23H,4,7-9,11H2,1-3H3. The van der Waals surface area contributed by atoms with Gasteiger partial charge >= 0.3 is 0 Å². The minimum Gasteiger partial charge on any atom is -0.389 e. The van der Waals surface area contributed by atoms with Crippen LogP contribution in [0.25, 0.3) is 0 Å². The number of carbonyl (C=O) groups is 2. The number of aryl methyl sites for hydroxylation is 1. The van der Waals surface area contributed by atoms with Crippen LogP contribution < -0.4 is 4.90 Å². The van der Waals surface area contributed by atoms with Crippen LogP contribution in [-0.4, -0.2) is 47.6 Å². The third-order valence-corrected chi connectivity index (χ3v) is 3.84. The molecule has 0 unspecified atom stereocenters. The molecule has 0 saturated carbocycles. The number of benzene rings is 1.